The van der Waals surface area contributed by atoms with Crippen molar-refractivity contribution in [1.82, 2.24) is 13.7 Å². The molecule has 58 heavy (non-hydrogen) atoms. The van der Waals surface area contributed by atoms with Crippen LogP contribution < -0.4 is 20.7 Å². The second-order valence-corrected chi connectivity index (χ2v) is 19.4. The van der Waals surface area contributed by atoms with Gasteiger partial charge in [0.15, 0.2) is 8.07 Å². The molecular formula is C54H35N3Si. The third-order valence-electron chi connectivity index (χ3n) is 12.9. The number of aromatic nitrogens is 3. The Morgan fingerprint density at radius 3 is 1.14 bits per heavy atom. The first-order chi connectivity index (χ1) is 28.8. The summed E-state index contributed by atoms with van der Waals surface area (Å²) in [5, 5.41) is 13.2. The van der Waals surface area contributed by atoms with Gasteiger partial charge in [0.1, 0.15) is 0 Å². The topological polar surface area (TPSA) is 14.8 Å². The summed E-state index contributed by atoms with van der Waals surface area (Å²) in [5.41, 5.74) is 11.1. The quantitative estimate of drug-likeness (QED) is 0.159. The Morgan fingerprint density at radius 1 is 0.276 bits per heavy atom. The third-order valence-corrected chi connectivity index (χ3v) is 17.7. The molecule has 0 bridgehead atoms. The van der Waals surface area contributed by atoms with Crippen molar-refractivity contribution < 1.29 is 0 Å². The molecule has 4 heterocycles. The fourth-order valence-corrected chi connectivity index (χ4v) is 15.8. The van der Waals surface area contributed by atoms with Gasteiger partial charge in [-0.3, -0.25) is 0 Å². The molecule has 1 aliphatic rings. The van der Waals surface area contributed by atoms with Crippen LogP contribution in [0.15, 0.2) is 212 Å². The Balaban J connectivity index is 1.18. The maximum absolute atomic E-state index is 3.07. The zero-order valence-corrected chi connectivity index (χ0v) is 32.5. The van der Waals surface area contributed by atoms with Crippen molar-refractivity contribution in [2.24, 2.45) is 0 Å². The van der Waals surface area contributed by atoms with Crippen molar-refractivity contribution in [2.75, 3.05) is 0 Å². The number of para-hydroxylation sites is 7. The van der Waals surface area contributed by atoms with Crippen molar-refractivity contribution >= 4 is 94.2 Å². The first kappa shape index (κ1) is 31.8. The maximum atomic E-state index is 2.55. The minimum absolute atomic E-state index is 1.18. The van der Waals surface area contributed by atoms with Crippen LogP contribution in [0.4, 0.5) is 0 Å². The van der Waals surface area contributed by atoms with Gasteiger partial charge in [-0.25, -0.2) is 0 Å². The summed E-state index contributed by atoms with van der Waals surface area (Å²) in [6.07, 6.45) is 0. The fraction of sp³-hybridized carbons (Fsp3) is 0. The molecule has 0 radical (unpaired) electrons. The molecule has 9 aromatic carbocycles. The van der Waals surface area contributed by atoms with E-state index in [0.717, 1.165) is 0 Å². The molecule has 0 saturated carbocycles. The maximum Gasteiger partial charge on any atom is 0.184 e. The summed E-state index contributed by atoms with van der Waals surface area (Å²) in [6, 6.07) is 79.7. The van der Waals surface area contributed by atoms with Crippen LogP contribution in [0.3, 0.4) is 0 Å². The Bertz CT molecular complexity index is 3390. The first-order valence-corrected chi connectivity index (χ1v) is 22.1. The van der Waals surface area contributed by atoms with Gasteiger partial charge in [0.2, 0.25) is 0 Å². The third kappa shape index (κ3) is 4.06. The highest BCUT2D eigenvalue weighted by molar-refractivity contribution is 7.21. The standard InChI is InChI=1S/C54H35N3Si/c1-6-26-46-40(20-1)41-21-2-7-27-47(41)55(46)36-16-13-18-38(34-36)58(39-19-14-17-37(35-39)56-48-28-8-3-22-42(48)43-23-4-9-29-49(43)56)52-32-12-11-31-51(52)57-50-30-10-5-24-44(50)45-25-15-33-53(58)54(45)57/h1-35H. The van der Waals surface area contributed by atoms with Crippen molar-refractivity contribution in [1.29, 1.82) is 0 Å². The van der Waals surface area contributed by atoms with Crippen LogP contribution >= 0.6 is 0 Å². The first-order valence-electron chi connectivity index (χ1n) is 20.1. The van der Waals surface area contributed by atoms with E-state index in [9.17, 15) is 0 Å². The van der Waals surface area contributed by atoms with E-state index >= 15 is 0 Å². The molecule has 3 nitrogen and oxygen atoms in total. The van der Waals surface area contributed by atoms with Gasteiger partial charge in [-0.2, -0.15) is 0 Å². The molecule has 13 rings (SSSR count). The predicted octanol–water partition coefficient (Wildman–Crippen LogP) is 10.7. The summed E-state index contributed by atoms with van der Waals surface area (Å²) in [7, 11) is -3.07. The van der Waals surface area contributed by atoms with Gasteiger partial charge in [-0.1, -0.05) is 152 Å². The lowest BCUT2D eigenvalue weighted by molar-refractivity contribution is 1.18. The second-order valence-electron chi connectivity index (χ2n) is 15.7. The lowest BCUT2D eigenvalue weighted by atomic mass is 10.1. The highest BCUT2D eigenvalue weighted by Crippen LogP contribution is 2.37. The average molecular weight is 754 g/mol. The summed E-state index contributed by atoms with van der Waals surface area (Å²) in [4.78, 5) is 0. The van der Waals surface area contributed by atoms with Crippen LogP contribution in [0.2, 0.25) is 0 Å². The number of hydrogen-bond acceptors (Lipinski definition) is 0. The van der Waals surface area contributed by atoms with Crippen molar-refractivity contribution in [2.45, 2.75) is 0 Å². The molecule has 0 unspecified atom stereocenters. The van der Waals surface area contributed by atoms with Crippen LogP contribution in [0, 0.1) is 0 Å². The van der Waals surface area contributed by atoms with Gasteiger partial charge in [0.25, 0.3) is 0 Å². The SMILES string of the molecule is c1cc(-n2c3ccccc3c3ccccc32)cc([Si]2(c3cccc(-n4c5ccccc5c5ccccc54)c3)c3ccccc3-n3c4ccccc4c4cccc2c43)c1. The van der Waals surface area contributed by atoms with E-state index in [1.165, 1.54) is 103 Å². The molecule has 0 N–H and O–H groups in total. The number of fused-ring (bicyclic) bond motifs is 11. The van der Waals surface area contributed by atoms with Crippen molar-refractivity contribution in [3.05, 3.63) is 212 Å². The van der Waals surface area contributed by atoms with Gasteiger partial charge in [-0.15, -0.1) is 0 Å². The molecule has 270 valence electrons. The Morgan fingerprint density at radius 2 is 0.638 bits per heavy atom. The van der Waals surface area contributed by atoms with Gasteiger partial charge in [0.05, 0.1) is 33.1 Å². The molecule has 1 aliphatic heterocycles. The molecule has 0 spiro atoms. The van der Waals surface area contributed by atoms with E-state index in [4.69, 9.17) is 0 Å². The molecule has 0 fully saturated rings. The highest BCUT2D eigenvalue weighted by atomic mass is 28.3. The molecular weight excluding hydrogens is 719 g/mol. The highest BCUT2D eigenvalue weighted by Gasteiger charge is 2.48. The van der Waals surface area contributed by atoms with Crippen LogP contribution in [-0.2, 0) is 0 Å². The largest absolute Gasteiger partial charge is 0.309 e. The molecule has 0 amide bonds. The van der Waals surface area contributed by atoms with Gasteiger partial charge in [0, 0.05) is 49.4 Å². The summed E-state index contributed by atoms with van der Waals surface area (Å²) in [6.45, 7) is 0. The Labute approximate surface area is 335 Å². The van der Waals surface area contributed by atoms with E-state index in [2.05, 4.69) is 226 Å². The van der Waals surface area contributed by atoms with Gasteiger partial charge in [-0.05, 0) is 81.4 Å². The van der Waals surface area contributed by atoms with Crippen LogP contribution in [0.25, 0.3) is 82.5 Å². The minimum atomic E-state index is -3.07. The van der Waals surface area contributed by atoms with E-state index in [0.29, 0.717) is 0 Å². The van der Waals surface area contributed by atoms with E-state index in [1.54, 1.807) is 0 Å². The number of hydrogen-bond donors (Lipinski definition) is 0. The summed E-state index contributed by atoms with van der Waals surface area (Å²) in [5.74, 6) is 0. The smallest absolute Gasteiger partial charge is 0.184 e. The van der Waals surface area contributed by atoms with Crippen LogP contribution in [-0.4, -0.2) is 21.8 Å². The normalized spacial score (nSPS) is 13.3. The summed E-state index contributed by atoms with van der Waals surface area (Å²) >= 11 is 0. The monoisotopic (exact) mass is 753 g/mol. The molecule has 0 aliphatic carbocycles. The van der Waals surface area contributed by atoms with E-state index < -0.39 is 8.07 Å². The molecule has 0 atom stereocenters. The fourth-order valence-electron chi connectivity index (χ4n) is 10.6. The van der Waals surface area contributed by atoms with Gasteiger partial charge >= 0.3 is 0 Å². The minimum Gasteiger partial charge on any atom is -0.309 e. The Kier molecular flexibility index (Phi) is 6.47. The molecule has 4 heteroatoms. The van der Waals surface area contributed by atoms with E-state index in [1.807, 2.05) is 0 Å². The zero-order chi connectivity index (χ0) is 38.0. The van der Waals surface area contributed by atoms with Crippen molar-refractivity contribution in [3.63, 3.8) is 0 Å². The number of benzene rings is 9. The molecule has 0 saturated heterocycles. The van der Waals surface area contributed by atoms with Crippen LogP contribution in [0.1, 0.15) is 0 Å². The van der Waals surface area contributed by atoms with Crippen molar-refractivity contribution in [3.8, 4) is 17.1 Å². The lowest BCUT2D eigenvalue weighted by Crippen LogP contribution is -2.76. The average Bonchev–Trinajstić information content (AvgIpc) is 3.94. The lowest BCUT2D eigenvalue weighted by Gasteiger charge is -2.40. The number of rotatable bonds is 4. The zero-order valence-electron chi connectivity index (χ0n) is 31.5. The second kappa shape index (κ2) is 11.8. The predicted molar refractivity (Wildman–Crippen MR) is 247 cm³/mol. The van der Waals surface area contributed by atoms with Gasteiger partial charge < -0.3 is 13.7 Å². The molecule has 12 aromatic rings. The Hall–Kier alpha value is -7.40. The molecule has 3 aromatic heterocycles. The van der Waals surface area contributed by atoms with E-state index in [-0.39, 0.29) is 0 Å². The summed E-state index contributed by atoms with van der Waals surface area (Å²) < 4.78 is 7.49. The van der Waals surface area contributed by atoms with Crippen LogP contribution in [0.5, 0.6) is 0 Å². The number of nitrogens with zero attached hydrogens (tertiary/aromatic N) is 3.